The summed E-state index contributed by atoms with van der Waals surface area (Å²) in [6.45, 7) is 6.21. The molecule has 3 rings (SSSR count). The van der Waals surface area contributed by atoms with Gasteiger partial charge in [0.15, 0.2) is 0 Å². The summed E-state index contributed by atoms with van der Waals surface area (Å²) in [5.41, 5.74) is -0.415. The van der Waals surface area contributed by atoms with Crippen molar-refractivity contribution in [1.82, 2.24) is 9.62 Å². The van der Waals surface area contributed by atoms with Gasteiger partial charge in [0, 0.05) is 18.6 Å². The van der Waals surface area contributed by atoms with Crippen molar-refractivity contribution in [3.63, 3.8) is 0 Å². The highest BCUT2D eigenvalue weighted by Crippen LogP contribution is 2.43. The van der Waals surface area contributed by atoms with Crippen LogP contribution in [0.25, 0.3) is 0 Å². The number of sulfonamides is 1. The molecular formula is C14H19FN2O2S. The molecule has 1 N–H and O–H groups in total. The number of nitrogens with one attached hydrogen (secondary N) is 1. The molecule has 2 heterocycles. The third-order valence-electron chi connectivity index (χ3n) is 4.69. The van der Waals surface area contributed by atoms with Crippen molar-refractivity contribution in [3.05, 3.63) is 30.1 Å². The van der Waals surface area contributed by atoms with Crippen LogP contribution in [0.2, 0.25) is 0 Å². The summed E-state index contributed by atoms with van der Waals surface area (Å²) in [4.78, 5) is 0.167. The van der Waals surface area contributed by atoms with Crippen LogP contribution in [-0.4, -0.2) is 37.9 Å². The fraction of sp³-hybridized carbons (Fsp3) is 0.571. The largest absolute Gasteiger partial charge is 0.316 e. The molecule has 2 aliphatic heterocycles. The average Bonchev–Trinajstić information content (AvgIpc) is 2.93. The third kappa shape index (κ3) is 1.98. The van der Waals surface area contributed by atoms with Crippen molar-refractivity contribution in [3.8, 4) is 0 Å². The minimum atomic E-state index is -3.57. The average molecular weight is 298 g/mol. The number of hydrogen-bond donors (Lipinski definition) is 1. The van der Waals surface area contributed by atoms with Gasteiger partial charge in [0.1, 0.15) is 5.82 Å². The SMILES string of the molecule is CC1(C)C2CNCC2CN1S(=O)(=O)c1ccc(F)cc1. The molecule has 2 aliphatic rings. The first-order valence-corrected chi connectivity index (χ1v) is 8.26. The van der Waals surface area contributed by atoms with Crippen LogP contribution in [0, 0.1) is 17.7 Å². The number of benzene rings is 1. The van der Waals surface area contributed by atoms with E-state index in [0.717, 1.165) is 13.1 Å². The summed E-state index contributed by atoms with van der Waals surface area (Å²) in [6, 6.07) is 5.07. The number of rotatable bonds is 2. The zero-order chi connectivity index (χ0) is 14.5. The molecule has 0 bridgehead atoms. The summed E-state index contributed by atoms with van der Waals surface area (Å²) in [7, 11) is -3.57. The Labute approximate surface area is 119 Å². The molecule has 0 amide bonds. The lowest BCUT2D eigenvalue weighted by Crippen LogP contribution is -2.47. The maximum Gasteiger partial charge on any atom is 0.243 e. The fourth-order valence-corrected chi connectivity index (χ4v) is 5.40. The highest BCUT2D eigenvalue weighted by Gasteiger charge is 2.53. The van der Waals surface area contributed by atoms with Crippen LogP contribution in [-0.2, 0) is 10.0 Å². The second-order valence-corrected chi connectivity index (χ2v) is 8.03. The van der Waals surface area contributed by atoms with E-state index in [1.165, 1.54) is 24.3 Å². The van der Waals surface area contributed by atoms with Gasteiger partial charge in [-0.1, -0.05) is 0 Å². The highest BCUT2D eigenvalue weighted by molar-refractivity contribution is 7.89. The maximum atomic E-state index is 13.0. The van der Waals surface area contributed by atoms with Gasteiger partial charge < -0.3 is 5.32 Å². The molecule has 0 radical (unpaired) electrons. The Balaban J connectivity index is 1.98. The van der Waals surface area contributed by atoms with Gasteiger partial charge in [0.05, 0.1) is 4.90 Å². The topological polar surface area (TPSA) is 49.4 Å². The van der Waals surface area contributed by atoms with E-state index in [4.69, 9.17) is 0 Å². The quantitative estimate of drug-likeness (QED) is 0.899. The Morgan fingerprint density at radius 2 is 1.90 bits per heavy atom. The first-order chi connectivity index (χ1) is 9.33. The van der Waals surface area contributed by atoms with Crippen LogP contribution in [0.5, 0.6) is 0 Å². The predicted octanol–water partition coefficient (Wildman–Crippen LogP) is 1.44. The van der Waals surface area contributed by atoms with Crippen molar-refractivity contribution in [2.75, 3.05) is 19.6 Å². The van der Waals surface area contributed by atoms with Crippen LogP contribution in [0.15, 0.2) is 29.2 Å². The summed E-state index contributed by atoms with van der Waals surface area (Å²) in [5, 5.41) is 3.33. The molecule has 0 aromatic heterocycles. The summed E-state index contributed by atoms with van der Waals surface area (Å²) in [6.07, 6.45) is 0. The Morgan fingerprint density at radius 1 is 1.25 bits per heavy atom. The number of nitrogens with zero attached hydrogens (tertiary/aromatic N) is 1. The summed E-state index contributed by atoms with van der Waals surface area (Å²) < 4.78 is 40.1. The predicted molar refractivity (Wildman–Crippen MR) is 74.2 cm³/mol. The molecule has 2 saturated heterocycles. The van der Waals surface area contributed by atoms with E-state index in [1.54, 1.807) is 4.31 Å². The van der Waals surface area contributed by atoms with E-state index in [0.29, 0.717) is 18.4 Å². The minimum Gasteiger partial charge on any atom is -0.316 e. The van der Waals surface area contributed by atoms with E-state index < -0.39 is 21.4 Å². The zero-order valence-corrected chi connectivity index (χ0v) is 12.5. The van der Waals surface area contributed by atoms with Gasteiger partial charge in [0.25, 0.3) is 0 Å². The number of fused-ring (bicyclic) bond motifs is 1. The highest BCUT2D eigenvalue weighted by atomic mass is 32.2. The van der Waals surface area contributed by atoms with Crippen molar-refractivity contribution < 1.29 is 12.8 Å². The number of hydrogen-bond acceptors (Lipinski definition) is 3. The van der Waals surface area contributed by atoms with Crippen LogP contribution in [0.1, 0.15) is 13.8 Å². The Kier molecular flexibility index (Phi) is 3.15. The van der Waals surface area contributed by atoms with Crippen molar-refractivity contribution in [1.29, 1.82) is 0 Å². The van der Waals surface area contributed by atoms with Gasteiger partial charge in [-0.2, -0.15) is 4.31 Å². The Hall–Kier alpha value is -0.980. The molecule has 2 atom stereocenters. The first-order valence-electron chi connectivity index (χ1n) is 6.82. The summed E-state index contributed by atoms with van der Waals surface area (Å²) in [5.74, 6) is 0.267. The second-order valence-electron chi connectivity index (χ2n) is 6.17. The van der Waals surface area contributed by atoms with Gasteiger partial charge >= 0.3 is 0 Å². The lowest BCUT2D eigenvalue weighted by molar-refractivity contribution is 0.233. The van der Waals surface area contributed by atoms with Crippen LogP contribution < -0.4 is 5.32 Å². The van der Waals surface area contributed by atoms with E-state index in [-0.39, 0.29) is 4.90 Å². The molecule has 0 aliphatic carbocycles. The normalized spacial score (nSPS) is 29.6. The van der Waals surface area contributed by atoms with E-state index in [9.17, 15) is 12.8 Å². The molecule has 0 saturated carbocycles. The molecule has 6 heteroatoms. The fourth-order valence-electron chi connectivity index (χ4n) is 3.53. The minimum absolute atomic E-state index is 0.167. The molecule has 4 nitrogen and oxygen atoms in total. The van der Waals surface area contributed by atoms with Gasteiger partial charge in [-0.25, -0.2) is 12.8 Å². The number of halogens is 1. The maximum absolute atomic E-state index is 13.0. The first kappa shape index (κ1) is 14.0. The Morgan fingerprint density at radius 3 is 2.50 bits per heavy atom. The standard InChI is InChI=1S/C14H19FN2O2S/c1-14(2)13-8-16-7-10(13)9-17(14)20(18,19)12-5-3-11(15)4-6-12/h3-6,10,13,16H,7-9H2,1-2H3. The molecule has 2 fully saturated rings. The summed E-state index contributed by atoms with van der Waals surface area (Å²) >= 11 is 0. The van der Waals surface area contributed by atoms with Crippen LogP contribution in [0.3, 0.4) is 0 Å². The van der Waals surface area contributed by atoms with E-state index in [1.807, 2.05) is 13.8 Å². The molecular weight excluding hydrogens is 279 g/mol. The third-order valence-corrected chi connectivity index (χ3v) is 6.76. The van der Waals surface area contributed by atoms with Crippen molar-refractivity contribution in [2.45, 2.75) is 24.3 Å². The lowest BCUT2D eigenvalue weighted by atomic mass is 9.85. The zero-order valence-electron chi connectivity index (χ0n) is 11.6. The monoisotopic (exact) mass is 298 g/mol. The Bertz CT molecular complexity index is 613. The van der Waals surface area contributed by atoms with Gasteiger partial charge in [-0.15, -0.1) is 0 Å². The van der Waals surface area contributed by atoms with Crippen molar-refractivity contribution in [2.24, 2.45) is 11.8 Å². The molecule has 20 heavy (non-hydrogen) atoms. The molecule has 110 valence electrons. The van der Waals surface area contributed by atoms with Gasteiger partial charge in [0.2, 0.25) is 10.0 Å². The lowest BCUT2D eigenvalue weighted by Gasteiger charge is -2.34. The van der Waals surface area contributed by atoms with Crippen LogP contribution in [0.4, 0.5) is 4.39 Å². The molecule has 1 aromatic rings. The van der Waals surface area contributed by atoms with Crippen molar-refractivity contribution >= 4 is 10.0 Å². The molecule has 2 unspecified atom stereocenters. The molecule has 1 aromatic carbocycles. The van der Waals surface area contributed by atoms with Crippen LogP contribution >= 0.6 is 0 Å². The van der Waals surface area contributed by atoms with E-state index >= 15 is 0 Å². The molecule has 0 spiro atoms. The smallest absolute Gasteiger partial charge is 0.243 e. The second kappa shape index (κ2) is 4.51. The van der Waals surface area contributed by atoms with Gasteiger partial charge in [-0.05, 0) is 56.5 Å². The van der Waals surface area contributed by atoms with Gasteiger partial charge in [-0.3, -0.25) is 0 Å². The van der Waals surface area contributed by atoms with E-state index in [2.05, 4.69) is 5.32 Å².